The van der Waals surface area contributed by atoms with Gasteiger partial charge >= 0.3 is 0 Å². The van der Waals surface area contributed by atoms with Crippen molar-refractivity contribution in [1.82, 2.24) is 0 Å². The monoisotopic (exact) mass is 206 g/mol. The second-order valence-electron chi connectivity index (χ2n) is 3.75. The Balaban J connectivity index is 1.89. The first-order valence-electron chi connectivity index (χ1n) is 5.08. The van der Waals surface area contributed by atoms with Gasteiger partial charge in [-0.3, -0.25) is 4.79 Å². The fourth-order valence-electron chi connectivity index (χ4n) is 1.80. The Labute approximate surface area is 88.5 Å². The Morgan fingerprint density at radius 2 is 2.21 bits per heavy atom. The van der Waals surface area contributed by atoms with Gasteiger partial charge < -0.3 is 0 Å². The molecule has 1 aliphatic rings. The maximum Gasteiger partial charge on any atom is 0.155 e. The molecule has 0 atom stereocenters. The van der Waals surface area contributed by atoms with Crippen molar-refractivity contribution >= 4 is 17.1 Å². The number of ketones is 1. The topological polar surface area (TPSA) is 17.1 Å². The summed E-state index contributed by atoms with van der Waals surface area (Å²) in [6, 6.07) is 2.16. The van der Waals surface area contributed by atoms with E-state index in [1.807, 2.05) is 6.08 Å². The van der Waals surface area contributed by atoms with Gasteiger partial charge in [-0.1, -0.05) is 5.57 Å². The van der Waals surface area contributed by atoms with E-state index in [2.05, 4.69) is 16.8 Å². The molecule has 0 N–H and O–H groups in total. The van der Waals surface area contributed by atoms with E-state index in [4.69, 9.17) is 0 Å². The van der Waals surface area contributed by atoms with Gasteiger partial charge in [0.15, 0.2) is 5.78 Å². The minimum absolute atomic E-state index is 0.316. The van der Waals surface area contributed by atoms with E-state index in [0.717, 1.165) is 32.1 Å². The molecule has 1 nitrogen and oxygen atoms in total. The minimum Gasteiger partial charge on any atom is -0.295 e. The van der Waals surface area contributed by atoms with Gasteiger partial charge in [-0.25, -0.2) is 0 Å². The Morgan fingerprint density at radius 3 is 2.93 bits per heavy atom. The highest BCUT2D eigenvalue weighted by molar-refractivity contribution is 7.07. The van der Waals surface area contributed by atoms with E-state index in [1.165, 1.54) is 11.1 Å². The second kappa shape index (κ2) is 4.56. The Bertz CT molecular complexity index is 335. The molecule has 0 bridgehead atoms. The van der Waals surface area contributed by atoms with Gasteiger partial charge in [-0.2, -0.15) is 11.3 Å². The van der Waals surface area contributed by atoms with Gasteiger partial charge in [0, 0.05) is 6.42 Å². The van der Waals surface area contributed by atoms with Gasteiger partial charge in [0.25, 0.3) is 0 Å². The molecule has 1 aliphatic carbocycles. The van der Waals surface area contributed by atoms with Gasteiger partial charge in [0.05, 0.1) is 0 Å². The van der Waals surface area contributed by atoms with Crippen molar-refractivity contribution in [3.63, 3.8) is 0 Å². The van der Waals surface area contributed by atoms with Crippen LogP contribution in [0.3, 0.4) is 0 Å². The van der Waals surface area contributed by atoms with Gasteiger partial charge in [0.1, 0.15) is 0 Å². The third-order valence-electron chi connectivity index (χ3n) is 2.60. The molecule has 0 amide bonds. The predicted octanol–water partition coefficient (Wildman–Crippen LogP) is 3.36. The molecule has 0 saturated carbocycles. The molecule has 1 aromatic rings. The summed E-state index contributed by atoms with van der Waals surface area (Å²) in [4.78, 5) is 11.2. The second-order valence-corrected chi connectivity index (χ2v) is 4.53. The molecule has 0 saturated heterocycles. The van der Waals surface area contributed by atoms with Crippen LogP contribution in [0.15, 0.2) is 28.5 Å². The van der Waals surface area contributed by atoms with Crippen LogP contribution in [0.1, 0.15) is 31.2 Å². The highest BCUT2D eigenvalue weighted by Crippen LogP contribution is 2.20. The lowest BCUT2D eigenvalue weighted by Gasteiger charge is -2.10. The van der Waals surface area contributed by atoms with Crippen LogP contribution in [0.25, 0.3) is 0 Å². The number of hydrogen-bond acceptors (Lipinski definition) is 2. The van der Waals surface area contributed by atoms with Crippen LogP contribution in [-0.2, 0) is 11.2 Å². The number of thiophene rings is 1. The van der Waals surface area contributed by atoms with E-state index in [1.54, 1.807) is 11.3 Å². The average Bonchev–Trinajstić information content (AvgIpc) is 2.67. The lowest BCUT2D eigenvalue weighted by Crippen LogP contribution is -2.03. The largest absolute Gasteiger partial charge is 0.295 e. The fourth-order valence-corrected chi connectivity index (χ4v) is 2.50. The maximum absolute atomic E-state index is 11.2. The van der Waals surface area contributed by atoms with Gasteiger partial charge in [0.2, 0.25) is 0 Å². The number of allylic oxidation sites excluding steroid dienone is 2. The molecule has 0 spiro atoms. The van der Waals surface area contributed by atoms with Crippen LogP contribution in [-0.4, -0.2) is 5.78 Å². The highest BCUT2D eigenvalue weighted by Gasteiger charge is 2.09. The van der Waals surface area contributed by atoms with Crippen LogP contribution in [0, 0.1) is 0 Å². The molecule has 2 rings (SSSR count). The Kier molecular flexibility index (Phi) is 3.14. The van der Waals surface area contributed by atoms with E-state index in [-0.39, 0.29) is 0 Å². The number of hydrogen-bond donors (Lipinski definition) is 0. The molecule has 0 radical (unpaired) electrons. The summed E-state index contributed by atoms with van der Waals surface area (Å²) in [5.41, 5.74) is 2.74. The molecule has 0 unspecified atom stereocenters. The van der Waals surface area contributed by atoms with Crippen molar-refractivity contribution in [3.05, 3.63) is 34.0 Å². The molecular weight excluding hydrogens is 192 g/mol. The van der Waals surface area contributed by atoms with Crippen LogP contribution in [0.2, 0.25) is 0 Å². The lowest BCUT2D eigenvalue weighted by atomic mass is 9.94. The number of carbonyl (C=O) groups excluding carboxylic acids is 1. The van der Waals surface area contributed by atoms with Gasteiger partial charge in [-0.05, 0) is 54.1 Å². The zero-order valence-corrected chi connectivity index (χ0v) is 8.98. The van der Waals surface area contributed by atoms with Crippen molar-refractivity contribution in [1.29, 1.82) is 0 Å². The SMILES string of the molecule is O=C1C=C(CCc2ccsc2)CCC1. The smallest absolute Gasteiger partial charge is 0.155 e. The molecule has 0 fully saturated rings. The molecule has 74 valence electrons. The average molecular weight is 206 g/mol. The van der Waals surface area contributed by atoms with E-state index < -0.39 is 0 Å². The summed E-state index contributed by atoms with van der Waals surface area (Å²) in [5.74, 6) is 0.316. The van der Waals surface area contributed by atoms with Crippen molar-refractivity contribution in [2.24, 2.45) is 0 Å². The molecule has 0 aliphatic heterocycles. The highest BCUT2D eigenvalue weighted by atomic mass is 32.1. The molecule has 0 aromatic carbocycles. The molecular formula is C12H14OS. The lowest BCUT2D eigenvalue weighted by molar-refractivity contribution is -0.115. The molecule has 14 heavy (non-hydrogen) atoms. The summed E-state index contributed by atoms with van der Waals surface area (Å²) in [7, 11) is 0. The molecule has 2 heteroatoms. The molecule has 1 aromatic heterocycles. The standard InChI is InChI=1S/C12H14OS/c13-12-3-1-2-10(8-12)4-5-11-6-7-14-9-11/h6-9H,1-5H2. The third-order valence-corrected chi connectivity index (χ3v) is 3.33. The van der Waals surface area contributed by atoms with Crippen molar-refractivity contribution in [3.8, 4) is 0 Å². The Hall–Kier alpha value is -0.890. The van der Waals surface area contributed by atoms with Crippen LogP contribution >= 0.6 is 11.3 Å². The van der Waals surface area contributed by atoms with E-state index >= 15 is 0 Å². The van der Waals surface area contributed by atoms with Crippen LogP contribution in [0.4, 0.5) is 0 Å². The summed E-state index contributed by atoms with van der Waals surface area (Å²) >= 11 is 1.74. The first-order valence-corrected chi connectivity index (χ1v) is 6.02. The first kappa shape index (κ1) is 9.66. The normalized spacial score (nSPS) is 16.9. The predicted molar refractivity (Wildman–Crippen MR) is 59.6 cm³/mol. The number of rotatable bonds is 3. The summed E-state index contributed by atoms with van der Waals surface area (Å²) in [6.07, 6.45) is 6.92. The Morgan fingerprint density at radius 1 is 1.29 bits per heavy atom. The zero-order chi connectivity index (χ0) is 9.80. The first-order chi connectivity index (χ1) is 6.84. The number of aryl methyl sites for hydroxylation is 1. The van der Waals surface area contributed by atoms with Gasteiger partial charge in [-0.15, -0.1) is 0 Å². The molecule has 1 heterocycles. The van der Waals surface area contributed by atoms with Crippen molar-refractivity contribution in [2.45, 2.75) is 32.1 Å². The number of carbonyl (C=O) groups is 1. The maximum atomic E-state index is 11.2. The van der Waals surface area contributed by atoms with E-state index in [9.17, 15) is 4.79 Å². The van der Waals surface area contributed by atoms with Crippen LogP contribution in [0.5, 0.6) is 0 Å². The van der Waals surface area contributed by atoms with Crippen molar-refractivity contribution < 1.29 is 4.79 Å². The van der Waals surface area contributed by atoms with E-state index in [0.29, 0.717) is 5.78 Å². The van der Waals surface area contributed by atoms with Crippen molar-refractivity contribution in [2.75, 3.05) is 0 Å². The fraction of sp³-hybridized carbons (Fsp3) is 0.417. The summed E-state index contributed by atoms with van der Waals surface area (Å²) in [5, 5.41) is 4.29. The van der Waals surface area contributed by atoms with Crippen LogP contribution < -0.4 is 0 Å². The quantitative estimate of drug-likeness (QED) is 0.741. The summed E-state index contributed by atoms with van der Waals surface area (Å²) in [6.45, 7) is 0. The summed E-state index contributed by atoms with van der Waals surface area (Å²) < 4.78 is 0. The zero-order valence-electron chi connectivity index (χ0n) is 8.16. The third kappa shape index (κ3) is 2.55. The minimum atomic E-state index is 0.316.